The van der Waals surface area contributed by atoms with Crippen LogP contribution in [0.25, 0.3) is 11.3 Å². The molecular weight excluding hydrogens is 526 g/mol. The Bertz CT molecular complexity index is 1560. The van der Waals surface area contributed by atoms with Gasteiger partial charge in [-0.1, -0.05) is 66.7 Å². The van der Waals surface area contributed by atoms with E-state index in [0.29, 0.717) is 22.1 Å². The molecule has 1 atom stereocenters. The predicted molar refractivity (Wildman–Crippen MR) is 159 cm³/mol. The number of methoxy groups -OCH3 is 1. The SMILES string of the molecule is COc1ccc(C(=O)Nc2cccc(SC(C(=O)Nc3nc(-c4ccccc4)cs3)c3ccccc3)c2)cc1. The molecule has 1 unspecified atom stereocenters. The second-order valence-electron chi connectivity index (χ2n) is 8.51. The smallest absolute Gasteiger partial charge is 0.255 e. The van der Waals surface area contributed by atoms with Crippen LogP contribution in [0, 0.1) is 0 Å². The fourth-order valence-corrected chi connectivity index (χ4v) is 5.68. The summed E-state index contributed by atoms with van der Waals surface area (Å²) in [5, 5.41) is 7.88. The van der Waals surface area contributed by atoms with Crippen LogP contribution in [0.15, 0.2) is 119 Å². The van der Waals surface area contributed by atoms with E-state index in [0.717, 1.165) is 21.7 Å². The number of amides is 2. The summed E-state index contributed by atoms with van der Waals surface area (Å²) >= 11 is 2.80. The minimum absolute atomic E-state index is 0.173. The van der Waals surface area contributed by atoms with E-state index >= 15 is 0 Å². The number of ether oxygens (including phenoxy) is 1. The molecule has 4 aromatic carbocycles. The third-order valence-corrected chi connectivity index (χ3v) is 7.85. The molecule has 8 heteroatoms. The maximum atomic E-state index is 13.5. The summed E-state index contributed by atoms with van der Waals surface area (Å²) in [6, 6.07) is 33.9. The maximum Gasteiger partial charge on any atom is 0.255 e. The summed E-state index contributed by atoms with van der Waals surface area (Å²) in [6.07, 6.45) is 0. The molecular formula is C31H25N3O3S2. The molecule has 0 radical (unpaired) electrons. The van der Waals surface area contributed by atoms with Gasteiger partial charge in [-0.2, -0.15) is 0 Å². The highest BCUT2D eigenvalue weighted by Crippen LogP contribution is 2.37. The molecule has 1 heterocycles. The van der Waals surface area contributed by atoms with Crippen LogP contribution in [0.5, 0.6) is 5.75 Å². The first kappa shape index (κ1) is 26.2. The molecule has 2 N–H and O–H groups in total. The molecule has 0 aliphatic carbocycles. The van der Waals surface area contributed by atoms with Gasteiger partial charge >= 0.3 is 0 Å². The van der Waals surface area contributed by atoms with Crippen molar-refractivity contribution in [2.75, 3.05) is 17.7 Å². The molecule has 0 aliphatic rings. The number of thiazole rings is 1. The number of carbonyl (C=O) groups excluding carboxylic acids is 2. The lowest BCUT2D eigenvalue weighted by Gasteiger charge is -2.17. The van der Waals surface area contributed by atoms with Crippen molar-refractivity contribution in [3.05, 3.63) is 126 Å². The second-order valence-corrected chi connectivity index (χ2v) is 10.5. The first-order valence-corrected chi connectivity index (χ1v) is 13.9. The summed E-state index contributed by atoms with van der Waals surface area (Å²) in [5.74, 6) is 0.284. The number of nitrogens with zero attached hydrogens (tertiary/aromatic N) is 1. The Morgan fingerprint density at radius 1 is 0.846 bits per heavy atom. The van der Waals surface area contributed by atoms with E-state index in [1.807, 2.05) is 90.3 Å². The normalized spacial score (nSPS) is 11.4. The van der Waals surface area contributed by atoms with Gasteiger partial charge in [0.15, 0.2) is 5.13 Å². The predicted octanol–water partition coefficient (Wildman–Crippen LogP) is 7.54. The molecule has 0 bridgehead atoms. The first-order chi connectivity index (χ1) is 19.1. The van der Waals surface area contributed by atoms with Gasteiger partial charge in [0.2, 0.25) is 5.91 Å². The summed E-state index contributed by atoms with van der Waals surface area (Å²) in [5.41, 5.74) is 3.85. The summed E-state index contributed by atoms with van der Waals surface area (Å²) in [6.45, 7) is 0. The van der Waals surface area contributed by atoms with Crippen molar-refractivity contribution < 1.29 is 14.3 Å². The van der Waals surface area contributed by atoms with E-state index in [1.54, 1.807) is 31.4 Å². The van der Waals surface area contributed by atoms with Crippen molar-refractivity contribution in [3.63, 3.8) is 0 Å². The Hall–Kier alpha value is -4.40. The number of rotatable bonds is 9. The van der Waals surface area contributed by atoms with Gasteiger partial charge in [-0.05, 0) is 48.0 Å². The zero-order valence-electron chi connectivity index (χ0n) is 21.0. The minimum atomic E-state index is -0.525. The zero-order valence-corrected chi connectivity index (χ0v) is 22.7. The van der Waals surface area contributed by atoms with Crippen molar-refractivity contribution in [1.82, 2.24) is 4.98 Å². The number of hydrogen-bond acceptors (Lipinski definition) is 6. The lowest BCUT2D eigenvalue weighted by molar-refractivity contribution is -0.115. The van der Waals surface area contributed by atoms with E-state index in [1.165, 1.54) is 23.1 Å². The third-order valence-electron chi connectivity index (χ3n) is 5.84. The first-order valence-electron chi connectivity index (χ1n) is 12.2. The van der Waals surface area contributed by atoms with Crippen LogP contribution in [-0.4, -0.2) is 23.9 Å². The molecule has 0 fully saturated rings. The largest absolute Gasteiger partial charge is 0.497 e. The molecule has 0 saturated heterocycles. The average molecular weight is 552 g/mol. The number of carbonyl (C=O) groups is 2. The van der Waals surface area contributed by atoms with E-state index in [-0.39, 0.29) is 11.8 Å². The van der Waals surface area contributed by atoms with Gasteiger partial charge in [0, 0.05) is 27.1 Å². The second kappa shape index (κ2) is 12.4. The monoisotopic (exact) mass is 551 g/mol. The Labute approximate surface area is 235 Å². The van der Waals surface area contributed by atoms with Crippen molar-refractivity contribution >= 4 is 45.7 Å². The standard InChI is InChI=1S/C31H25N3O3S2/c1-37-25-17-15-23(16-18-25)29(35)32-24-13-8-14-26(19-24)39-28(22-11-6-3-7-12-22)30(36)34-31-33-27(20-38-31)21-9-4-2-5-10-21/h2-20,28H,1H3,(H,32,35)(H,33,34,36). The highest BCUT2D eigenvalue weighted by Gasteiger charge is 2.23. The third kappa shape index (κ3) is 6.73. The molecule has 1 aromatic heterocycles. The highest BCUT2D eigenvalue weighted by atomic mass is 32.2. The Morgan fingerprint density at radius 2 is 1.56 bits per heavy atom. The van der Waals surface area contributed by atoms with Gasteiger partial charge in [0.05, 0.1) is 12.8 Å². The van der Waals surface area contributed by atoms with Gasteiger partial charge in [0.1, 0.15) is 11.0 Å². The van der Waals surface area contributed by atoms with Gasteiger partial charge in [-0.25, -0.2) is 4.98 Å². The van der Waals surface area contributed by atoms with Gasteiger partial charge in [0.25, 0.3) is 5.91 Å². The van der Waals surface area contributed by atoms with Crippen molar-refractivity contribution in [2.24, 2.45) is 0 Å². The molecule has 0 spiro atoms. The van der Waals surface area contributed by atoms with E-state index in [2.05, 4.69) is 15.6 Å². The molecule has 0 aliphatic heterocycles. The van der Waals surface area contributed by atoms with E-state index < -0.39 is 5.25 Å². The van der Waals surface area contributed by atoms with Crippen LogP contribution < -0.4 is 15.4 Å². The van der Waals surface area contributed by atoms with Gasteiger partial charge in [-0.3, -0.25) is 9.59 Å². The van der Waals surface area contributed by atoms with Gasteiger partial charge < -0.3 is 15.4 Å². The zero-order chi connectivity index (χ0) is 27.0. The van der Waals surface area contributed by atoms with Crippen LogP contribution in [0.4, 0.5) is 10.8 Å². The number of benzene rings is 4. The lowest BCUT2D eigenvalue weighted by atomic mass is 10.1. The molecule has 0 saturated carbocycles. The average Bonchev–Trinajstić information content (AvgIpc) is 3.45. The minimum Gasteiger partial charge on any atom is -0.497 e. The quantitative estimate of drug-likeness (QED) is 0.185. The number of aromatic nitrogens is 1. The summed E-state index contributed by atoms with van der Waals surface area (Å²) < 4.78 is 5.16. The molecule has 5 aromatic rings. The van der Waals surface area contributed by atoms with Crippen molar-refractivity contribution in [1.29, 1.82) is 0 Å². The molecule has 5 rings (SSSR count). The van der Waals surface area contributed by atoms with Gasteiger partial charge in [-0.15, -0.1) is 23.1 Å². The van der Waals surface area contributed by atoms with Crippen LogP contribution in [0.1, 0.15) is 21.2 Å². The topological polar surface area (TPSA) is 80.3 Å². The molecule has 2 amide bonds. The summed E-state index contributed by atoms with van der Waals surface area (Å²) in [4.78, 5) is 31.7. The number of thioether (sulfide) groups is 1. The van der Waals surface area contributed by atoms with Crippen LogP contribution in [-0.2, 0) is 4.79 Å². The van der Waals surface area contributed by atoms with Crippen LogP contribution in [0.3, 0.4) is 0 Å². The Kier molecular flexibility index (Phi) is 8.36. The molecule has 39 heavy (non-hydrogen) atoms. The van der Waals surface area contributed by atoms with Crippen molar-refractivity contribution in [3.8, 4) is 17.0 Å². The summed E-state index contributed by atoms with van der Waals surface area (Å²) in [7, 11) is 1.58. The molecule has 6 nitrogen and oxygen atoms in total. The Balaban J connectivity index is 1.32. The van der Waals surface area contributed by atoms with Crippen molar-refractivity contribution in [2.45, 2.75) is 10.1 Å². The highest BCUT2D eigenvalue weighted by molar-refractivity contribution is 8.00. The number of hydrogen-bond donors (Lipinski definition) is 2. The van der Waals surface area contributed by atoms with Crippen LogP contribution in [0.2, 0.25) is 0 Å². The Morgan fingerprint density at radius 3 is 2.28 bits per heavy atom. The van der Waals surface area contributed by atoms with E-state index in [4.69, 9.17) is 4.74 Å². The maximum absolute atomic E-state index is 13.5. The fraction of sp³-hybridized carbons (Fsp3) is 0.0645. The molecule has 194 valence electrons. The fourth-order valence-electron chi connectivity index (χ4n) is 3.87. The number of nitrogens with one attached hydrogen (secondary N) is 2. The number of anilines is 2. The van der Waals surface area contributed by atoms with E-state index in [9.17, 15) is 9.59 Å². The lowest BCUT2D eigenvalue weighted by Crippen LogP contribution is -2.19. The van der Waals surface area contributed by atoms with Crippen LogP contribution >= 0.6 is 23.1 Å².